The number of nitrogens with one attached hydrogen (secondary N) is 1. The van der Waals surface area contributed by atoms with Crippen molar-refractivity contribution < 1.29 is 24.9 Å². The zero-order chi connectivity index (χ0) is 20.1. The van der Waals surface area contributed by atoms with Crippen LogP contribution in [0.2, 0.25) is 0 Å². The Hall–Kier alpha value is -1.75. The van der Waals surface area contributed by atoms with Gasteiger partial charge in [-0.1, -0.05) is 31.4 Å². The van der Waals surface area contributed by atoms with Gasteiger partial charge in [-0.2, -0.15) is 0 Å². The first-order valence-electron chi connectivity index (χ1n) is 10.1. The summed E-state index contributed by atoms with van der Waals surface area (Å²) in [4.78, 5) is 13.2. The number of aliphatic hydroxyl groups is 3. The SMILES string of the molecule is CCCc1cn(CCCCCCN[C@@H]2[C@@H](O)[C@@H](O)[C@H](O)[C@H]3COC(=O)N32)nn1. The van der Waals surface area contributed by atoms with E-state index in [1.54, 1.807) is 0 Å². The highest BCUT2D eigenvalue weighted by atomic mass is 16.6. The molecule has 0 saturated carbocycles. The smallest absolute Gasteiger partial charge is 0.411 e. The third kappa shape index (κ3) is 4.62. The van der Waals surface area contributed by atoms with E-state index in [1.165, 1.54) is 4.90 Å². The first-order chi connectivity index (χ1) is 13.5. The van der Waals surface area contributed by atoms with Gasteiger partial charge in [-0.3, -0.25) is 14.9 Å². The zero-order valence-electron chi connectivity index (χ0n) is 16.3. The molecule has 10 heteroatoms. The molecule has 0 aliphatic carbocycles. The minimum atomic E-state index is -1.31. The van der Waals surface area contributed by atoms with Gasteiger partial charge in [0.05, 0.1) is 11.7 Å². The molecule has 4 N–H and O–H groups in total. The van der Waals surface area contributed by atoms with Crippen molar-refractivity contribution in [2.75, 3.05) is 13.2 Å². The first kappa shape index (κ1) is 21.0. The number of amides is 1. The summed E-state index contributed by atoms with van der Waals surface area (Å²) in [5, 5.41) is 41.7. The molecule has 5 atom stereocenters. The third-order valence-electron chi connectivity index (χ3n) is 5.42. The monoisotopic (exact) mass is 397 g/mol. The van der Waals surface area contributed by atoms with Crippen LogP contribution in [0.25, 0.3) is 0 Å². The predicted molar refractivity (Wildman–Crippen MR) is 99.3 cm³/mol. The van der Waals surface area contributed by atoms with Gasteiger partial charge in [-0.05, 0) is 25.8 Å². The first-order valence-corrected chi connectivity index (χ1v) is 10.1. The van der Waals surface area contributed by atoms with E-state index in [0.29, 0.717) is 6.54 Å². The number of aromatic nitrogens is 3. The van der Waals surface area contributed by atoms with Crippen LogP contribution in [-0.4, -0.2) is 85.0 Å². The van der Waals surface area contributed by atoms with Crippen molar-refractivity contribution >= 4 is 6.09 Å². The Bertz CT molecular complexity index is 642. The molecule has 0 aromatic carbocycles. The summed E-state index contributed by atoms with van der Waals surface area (Å²) in [7, 11) is 0. The lowest BCUT2D eigenvalue weighted by atomic mass is 9.92. The number of fused-ring (bicyclic) bond motifs is 1. The number of unbranched alkanes of at least 4 members (excludes halogenated alkanes) is 3. The molecule has 1 amide bonds. The number of hydrogen-bond donors (Lipinski definition) is 4. The van der Waals surface area contributed by atoms with Crippen LogP contribution in [0.15, 0.2) is 6.20 Å². The van der Waals surface area contributed by atoms with Crippen LogP contribution in [-0.2, 0) is 17.7 Å². The fourth-order valence-corrected chi connectivity index (χ4v) is 3.85. The molecule has 158 valence electrons. The Labute approximate surface area is 164 Å². The Balaban J connectivity index is 1.35. The van der Waals surface area contributed by atoms with Gasteiger partial charge >= 0.3 is 6.09 Å². The second-order valence-corrected chi connectivity index (χ2v) is 7.56. The number of ether oxygens (including phenoxy) is 1. The topological polar surface area (TPSA) is 133 Å². The average Bonchev–Trinajstić information content (AvgIpc) is 3.29. The van der Waals surface area contributed by atoms with E-state index in [1.807, 2.05) is 10.9 Å². The molecule has 0 bridgehead atoms. The quantitative estimate of drug-likeness (QED) is 0.393. The van der Waals surface area contributed by atoms with Crippen LogP contribution in [0.3, 0.4) is 0 Å². The van der Waals surface area contributed by atoms with Gasteiger partial charge in [-0.15, -0.1) is 5.10 Å². The maximum Gasteiger partial charge on any atom is 0.411 e. The van der Waals surface area contributed by atoms with Gasteiger partial charge in [-0.25, -0.2) is 4.79 Å². The van der Waals surface area contributed by atoms with E-state index in [2.05, 4.69) is 22.6 Å². The molecule has 28 heavy (non-hydrogen) atoms. The fraction of sp³-hybridized carbons (Fsp3) is 0.833. The summed E-state index contributed by atoms with van der Waals surface area (Å²) in [5.74, 6) is 0. The second kappa shape index (κ2) is 9.64. The van der Waals surface area contributed by atoms with Gasteiger partial charge in [0.15, 0.2) is 0 Å². The number of aryl methyl sites for hydroxylation is 2. The highest BCUT2D eigenvalue weighted by Gasteiger charge is 2.53. The van der Waals surface area contributed by atoms with Crippen molar-refractivity contribution in [2.45, 2.75) is 82.5 Å². The summed E-state index contributed by atoms with van der Waals surface area (Å²) in [6.45, 7) is 3.57. The van der Waals surface area contributed by atoms with Crippen molar-refractivity contribution in [1.29, 1.82) is 0 Å². The maximum atomic E-state index is 11.9. The lowest BCUT2D eigenvalue weighted by Gasteiger charge is -2.44. The van der Waals surface area contributed by atoms with E-state index >= 15 is 0 Å². The van der Waals surface area contributed by atoms with Crippen LogP contribution in [0.4, 0.5) is 4.79 Å². The minimum Gasteiger partial charge on any atom is -0.447 e. The van der Waals surface area contributed by atoms with Gasteiger partial charge in [0.1, 0.15) is 31.1 Å². The lowest BCUT2D eigenvalue weighted by molar-refractivity contribution is -0.148. The summed E-state index contributed by atoms with van der Waals surface area (Å²) < 4.78 is 6.85. The van der Waals surface area contributed by atoms with Gasteiger partial charge in [0.25, 0.3) is 0 Å². The molecule has 2 saturated heterocycles. The van der Waals surface area contributed by atoms with E-state index < -0.39 is 36.6 Å². The summed E-state index contributed by atoms with van der Waals surface area (Å²) in [5.41, 5.74) is 1.03. The second-order valence-electron chi connectivity index (χ2n) is 7.56. The average molecular weight is 397 g/mol. The van der Waals surface area contributed by atoms with Crippen LogP contribution >= 0.6 is 0 Å². The standard InChI is InChI=1S/C18H31N5O5/c1-2-7-12-10-22(21-20-12)9-6-4-3-5-8-19-17-16(26)15(25)14(24)13-11-28-18(27)23(13)17/h10,13-17,19,24-26H,2-9,11H2,1H3/t13-,14-,15+,16+,17+/m1/s1. The molecule has 1 aromatic heterocycles. The van der Waals surface area contributed by atoms with Crippen LogP contribution in [0.1, 0.15) is 44.7 Å². The molecule has 0 spiro atoms. The number of carbonyl (C=O) groups is 1. The molecule has 1 aromatic rings. The van der Waals surface area contributed by atoms with Crippen LogP contribution in [0, 0.1) is 0 Å². The molecular weight excluding hydrogens is 366 g/mol. The van der Waals surface area contributed by atoms with E-state index in [0.717, 1.165) is 50.8 Å². The molecule has 0 radical (unpaired) electrons. The third-order valence-corrected chi connectivity index (χ3v) is 5.42. The van der Waals surface area contributed by atoms with E-state index in [9.17, 15) is 20.1 Å². The Morgan fingerprint density at radius 2 is 1.96 bits per heavy atom. The lowest BCUT2D eigenvalue weighted by Crippen LogP contribution is -2.69. The molecule has 3 rings (SSSR count). The highest BCUT2D eigenvalue weighted by Crippen LogP contribution is 2.28. The van der Waals surface area contributed by atoms with Crippen molar-refractivity contribution in [3.8, 4) is 0 Å². The van der Waals surface area contributed by atoms with Crippen molar-refractivity contribution in [2.24, 2.45) is 0 Å². The molecule has 2 fully saturated rings. The Kier molecular flexibility index (Phi) is 7.22. The molecule has 0 unspecified atom stereocenters. The summed E-state index contributed by atoms with van der Waals surface area (Å²) in [6, 6.07) is -0.635. The van der Waals surface area contributed by atoms with Crippen LogP contribution in [0.5, 0.6) is 0 Å². The minimum absolute atomic E-state index is 0.0181. The fourth-order valence-electron chi connectivity index (χ4n) is 3.85. The Morgan fingerprint density at radius 3 is 2.75 bits per heavy atom. The van der Waals surface area contributed by atoms with Crippen molar-refractivity contribution in [3.05, 3.63) is 11.9 Å². The van der Waals surface area contributed by atoms with Crippen LogP contribution < -0.4 is 5.32 Å². The number of nitrogens with zero attached hydrogens (tertiary/aromatic N) is 4. The normalized spacial score (nSPS) is 29.8. The Morgan fingerprint density at radius 1 is 1.18 bits per heavy atom. The van der Waals surface area contributed by atoms with E-state index in [4.69, 9.17) is 4.74 Å². The predicted octanol–water partition coefficient (Wildman–Crippen LogP) is -0.376. The number of cyclic esters (lactones) is 1. The number of carbonyl (C=O) groups excluding carboxylic acids is 1. The molecule has 2 aliphatic rings. The number of aliphatic hydroxyl groups excluding tert-OH is 3. The largest absolute Gasteiger partial charge is 0.447 e. The number of rotatable bonds is 10. The summed E-state index contributed by atoms with van der Waals surface area (Å²) >= 11 is 0. The molecule has 3 heterocycles. The highest BCUT2D eigenvalue weighted by molar-refractivity contribution is 5.71. The van der Waals surface area contributed by atoms with Gasteiger partial charge in [0.2, 0.25) is 0 Å². The van der Waals surface area contributed by atoms with E-state index in [-0.39, 0.29) is 6.61 Å². The maximum absolute atomic E-state index is 11.9. The zero-order valence-corrected chi connectivity index (χ0v) is 16.3. The van der Waals surface area contributed by atoms with Crippen molar-refractivity contribution in [3.63, 3.8) is 0 Å². The number of hydrogen-bond acceptors (Lipinski definition) is 8. The van der Waals surface area contributed by atoms with Crippen molar-refractivity contribution in [1.82, 2.24) is 25.2 Å². The molecule has 10 nitrogen and oxygen atoms in total. The molecular formula is C18H31N5O5. The molecule has 2 aliphatic heterocycles. The number of piperidine rings is 1. The summed E-state index contributed by atoms with van der Waals surface area (Å²) in [6.07, 6.45) is 2.79. The van der Waals surface area contributed by atoms with Gasteiger partial charge in [0, 0.05) is 12.7 Å². The van der Waals surface area contributed by atoms with Gasteiger partial charge < -0.3 is 20.1 Å².